The predicted molar refractivity (Wildman–Crippen MR) is 95.1 cm³/mol. The predicted octanol–water partition coefficient (Wildman–Crippen LogP) is 2.18. The fraction of sp³-hybridized carbons (Fsp3) is 0.312. The van der Waals surface area contributed by atoms with Crippen molar-refractivity contribution >= 4 is 46.5 Å². The third kappa shape index (κ3) is 4.27. The van der Waals surface area contributed by atoms with E-state index in [1.54, 1.807) is 17.9 Å². The van der Waals surface area contributed by atoms with E-state index in [1.807, 2.05) is 12.1 Å². The van der Waals surface area contributed by atoms with Crippen molar-refractivity contribution in [3.05, 3.63) is 39.4 Å². The number of hydrogen-bond donors (Lipinski definition) is 3. The highest BCUT2D eigenvalue weighted by molar-refractivity contribution is 6.37. The fourth-order valence-electron chi connectivity index (χ4n) is 2.56. The van der Waals surface area contributed by atoms with E-state index in [1.165, 1.54) is 0 Å². The largest absolute Gasteiger partial charge is 0.370 e. The summed E-state index contributed by atoms with van der Waals surface area (Å²) < 4.78 is 0. The van der Waals surface area contributed by atoms with E-state index in [0.717, 1.165) is 11.1 Å². The number of nitrogens with two attached hydrogens (primary N) is 1. The van der Waals surface area contributed by atoms with Crippen molar-refractivity contribution in [2.75, 3.05) is 13.1 Å². The van der Waals surface area contributed by atoms with Crippen LogP contribution in [0.15, 0.2) is 18.2 Å². The highest BCUT2D eigenvalue weighted by Gasteiger charge is 2.20. The molecular formula is C16H18Cl2N4O2. The second-order valence-corrected chi connectivity index (χ2v) is 6.26. The molecule has 1 aromatic rings. The molecule has 0 unspecified atom stereocenters. The number of benzene rings is 1. The Labute approximate surface area is 150 Å². The van der Waals surface area contributed by atoms with Crippen LogP contribution in [0.3, 0.4) is 0 Å². The molecule has 1 heterocycles. The molecule has 0 radical (unpaired) electrons. The van der Waals surface area contributed by atoms with E-state index in [9.17, 15) is 9.59 Å². The van der Waals surface area contributed by atoms with Gasteiger partial charge in [0.25, 0.3) is 0 Å². The molecule has 2 amide bonds. The second kappa shape index (κ2) is 7.68. The van der Waals surface area contributed by atoms with Crippen LogP contribution in [0.2, 0.25) is 10.0 Å². The van der Waals surface area contributed by atoms with Gasteiger partial charge in [0, 0.05) is 25.0 Å². The Hall–Kier alpha value is -2.05. The molecule has 0 fully saturated rings. The average Bonchev–Trinajstić information content (AvgIpc) is 2.51. The standard InChI is InChI=1S/C16H18Cl2N4O2/c1-9(23)22-6-4-10(5-7-22)11-2-3-13(17)12(15(11)18)8-14(24)21-16(19)20/h2-4H,5-8H2,1H3,(H4,19,20,21,24). The number of halogens is 2. The topological polar surface area (TPSA) is 99.3 Å². The number of hydrogen-bond acceptors (Lipinski definition) is 3. The van der Waals surface area contributed by atoms with Crippen LogP contribution >= 0.6 is 23.2 Å². The quantitative estimate of drug-likeness (QED) is 0.563. The summed E-state index contributed by atoms with van der Waals surface area (Å²) in [6.45, 7) is 2.70. The summed E-state index contributed by atoms with van der Waals surface area (Å²) in [4.78, 5) is 25.0. The number of rotatable bonds is 3. The first-order chi connectivity index (χ1) is 11.3. The van der Waals surface area contributed by atoms with Gasteiger partial charge in [0.15, 0.2) is 5.96 Å². The van der Waals surface area contributed by atoms with Crippen LogP contribution in [0.5, 0.6) is 0 Å². The van der Waals surface area contributed by atoms with Gasteiger partial charge in [-0.15, -0.1) is 0 Å². The van der Waals surface area contributed by atoms with Gasteiger partial charge in [-0.2, -0.15) is 0 Å². The van der Waals surface area contributed by atoms with Crippen molar-refractivity contribution in [1.82, 2.24) is 10.2 Å². The van der Waals surface area contributed by atoms with Gasteiger partial charge in [-0.3, -0.25) is 20.3 Å². The maximum atomic E-state index is 11.8. The van der Waals surface area contributed by atoms with E-state index >= 15 is 0 Å². The van der Waals surface area contributed by atoms with Gasteiger partial charge >= 0.3 is 0 Å². The van der Waals surface area contributed by atoms with E-state index in [2.05, 4.69) is 5.32 Å². The van der Waals surface area contributed by atoms with Crippen molar-refractivity contribution in [1.29, 1.82) is 5.41 Å². The highest BCUT2D eigenvalue weighted by atomic mass is 35.5. The van der Waals surface area contributed by atoms with Crippen LogP contribution < -0.4 is 11.1 Å². The number of nitrogens with one attached hydrogen (secondary N) is 2. The van der Waals surface area contributed by atoms with Gasteiger partial charge in [-0.05, 0) is 29.2 Å². The molecule has 1 aliphatic heterocycles. The van der Waals surface area contributed by atoms with Crippen LogP contribution in [-0.4, -0.2) is 35.8 Å². The Bertz CT molecular complexity index is 731. The number of nitrogens with zero attached hydrogens (tertiary/aromatic N) is 1. The third-order valence-corrected chi connectivity index (χ3v) is 4.58. The molecule has 0 aromatic heterocycles. The Morgan fingerprint density at radius 1 is 1.38 bits per heavy atom. The third-order valence-electron chi connectivity index (χ3n) is 3.80. The molecule has 1 aromatic carbocycles. The van der Waals surface area contributed by atoms with Gasteiger partial charge in [0.1, 0.15) is 0 Å². The first kappa shape index (κ1) is 18.3. The average molecular weight is 369 g/mol. The lowest BCUT2D eigenvalue weighted by atomic mass is 9.96. The molecule has 0 atom stereocenters. The SMILES string of the molecule is CC(=O)N1CC=C(c2ccc(Cl)c(CC(=O)NC(=N)N)c2Cl)CC1. The highest BCUT2D eigenvalue weighted by Crippen LogP contribution is 2.35. The molecule has 6 nitrogen and oxygen atoms in total. The Kier molecular flexibility index (Phi) is 5.85. The molecule has 0 bridgehead atoms. The van der Waals surface area contributed by atoms with Gasteiger partial charge in [-0.1, -0.05) is 35.3 Å². The van der Waals surface area contributed by atoms with Gasteiger partial charge in [0.2, 0.25) is 11.8 Å². The molecule has 128 valence electrons. The molecule has 0 spiro atoms. The van der Waals surface area contributed by atoms with Crippen molar-refractivity contribution < 1.29 is 9.59 Å². The van der Waals surface area contributed by atoms with Crippen molar-refractivity contribution in [2.45, 2.75) is 19.8 Å². The summed E-state index contributed by atoms with van der Waals surface area (Å²) in [7, 11) is 0. The van der Waals surface area contributed by atoms with Gasteiger partial charge in [0.05, 0.1) is 11.4 Å². The molecule has 8 heteroatoms. The fourth-order valence-corrected chi connectivity index (χ4v) is 3.19. The maximum Gasteiger partial charge on any atom is 0.231 e. The van der Waals surface area contributed by atoms with Crippen LogP contribution in [-0.2, 0) is 16.0 Å². The maximum absolute atomic E-state index is 11.8. The minimum Gasteiger partial charge on any atom is -0.370 e. The lowest BCUT2D eigenvalue weighted by molar-refractivity contribution is -0.128. The Morgan fingerprint density at radius 2 is 2.08 bits per heavy atom. The number of carbonyl (C=O) groups is 2. The molecule has 0 aliphatic carbocycles. The smallest absolute Gasteiger partial charge is 0.231 e. The summed E-state index contributed by atoms with van der Waals surface area (Å²) in [6, 6.07) is 3.50. The van der Waals surface area contributed by atoms with Crippen molar-refractivity contribution in [2.24, 2.45) is 5.73 Å². The summed E-state index contributed by atoms with van der Waals surface area (Å²) in [5.41, 5.74) is 7.46. The molecule has 0 saturated carbocycles. The minimum atomic E-state index is -0.455. The molecule has 2 rings (SSSR count). The molecular weight excluding hydrogens is 351 g/mol. The Morgan fingerprint density at radius 3 is 2.62 bits per heavy atom. The second-order valence-electron chi connectivity index (χ2n) is 5.47. The minimum absolute atomic E-state index is 0.0362. The van der Waals surface area contributed by atoms with Crippen molar-refractivity contribution in [3.63, 3.8) is 0 Å². The summed E-state index contributed by atoms with van der Waals surface area (Å²) in [6.07, 6.45) is 2.57. The zero-order valence-corrected chi connectivity index (χ0v) is 14.7. The van der Waals surface area contributed by atoms with E-state index < -0.39 is 11.9 Å². The van der Waals surface area contributed by atoms with Crippen LogP contribution in [0, 0.1) is 5.41 Å². The lowest BCUT2D eigenvalue weighted by Crippen LogP contribution is -2.36. The van der Waals surface area contributed by atoms with Crippen LogP contribution in [0.25, 0.3) is 5.57 Å². The number of guanidine groups is 1. The van der Waals surface area contributed by atoms with E-state index in [0.29, 0.717) is 35.1 Å². The van der Waals surface area contributed by atoms with E-state index in [-0.39, 0.29) is 12.3 Å². The van der Waals surface area contributed by atoms with Gasteiger partial charge in [-0.25, -0.2) is 0 Å². The summed E-state index contributed by atoms with van der Waals surface area (Å²) in [5, 5.41) is 10.1. The first-order valence-electron chi connectivity index (χ1n) is 7.35. The van der Waals surface area contributed by atoms with Crippen LogP contribution in [0.1, 0.15) is 24.5 Å². The van der Waals surface area contributed by atoms with E-state index in [4.69, 9.17) is 34.3 Å². The molecule has 24 heavy (non-hydrogen) atoms. The molecule has 4 N–H and O–H groups in total. The zero-order chi connectivity index (χ0) is 17.9. The first-order valence-corrected chi connectivity index (χ1v) is 8.11. The monoisotopic (exact) mass is 368 g/mol. The number of carbonyl (C=O) groups excluding carboxylic acids is 2. The lowest BCUT2D eigenvalue weighted by Gasteiger charge is -2.26. The van der Waals surface area contributed by atoms with Gasteiger partial charge < -0.3 is 10.6 Å². The molecule has 1 aliphatic rings. The summed E-state index contributed by atoms with van der Waals surface area (Å²) >= 11 is 12.6. The summed E-state index contributed by atoms with van der Waals surface area (Å²) in [5.74, 6) is -0.847. The van der Waals surface area contributed by atoms with Crippen LogP contribution in [0.4, 0.5) is 0 Å². The Balaban J connectivity index is 2.27. The molecule has 0 saturated heterocycles. The normalized spacial score (nSPS) is 14.1. The van der Waals surface area contributed by atoms with Crippen molar-refractivity contribution in [3.8, 4) is 0 Å². The number of amides is 2. The zero-order valence-electron chi connectivity index (χ0n) is 13.2.